The van der Waals surface area contributed by atoms with Crippen LogP contribution in [0.1, 0.15) is 41.0 Å². The standard InChI is InChI=1S/C22H24BrN3O5/c1-21(2,3)31-17(27)11-22(4,5)26(20(28)29)18-14(10-13(23)12-24-18)19-25-15-8-6-7-9-16(15)30-19/h6-10,12H,11H2,1-5H3,(H,28,29). The molecule has 0 aliphatic rings. The van der Waals surface area contributed by atoms with E-state index in [9.17, 15) is 14.7 Å². The maximum absolute atomic E-state index is 12.5. The van der Waals surface area contributed by atoms with Crippen molar-refractivity contribution in [1.29, 1.82) is 0 Å². The second-order valence-corrected chi connectivity index (χ2v) is 9.62. The van der Waals surface area contributed by atoms with Crippen LogP contribution in [-0.2, 0) is 9.53 Å². The Morgan fingerprint density at radius 1 is 1.19 bits per heavy atom. The minimum Gasteiger partial charge on any atom is -0.465 e. The zero-order valence-electron chi connectivity index (χ0n) is 18.0. The van der Waals surface area contributed by atoms with Crippen LogP contribution in [0.5, 0.6) is 0 Å². The average molecular weight is 490 g/mol. The molecule has 0 saturated heterocycles. The Kier molecular flexibility index (Phi) is 6.09. The summed E-state index contributed by atoms with van der Waals surface area (Å²) in [4.78, 5) is 34.7. The van der Waals surface area contributed by atoms with Gasteiger partial charge in [0, 0.05) is 10.7 Å². The third-order valence-electron chi connectivity index (χ3n) is 4.36. The maximum atomic E-state index is 12.5. The van der Waals surface area contributed by atoms with Crippen molar-refractivity contribution < 1.29 is 23.8 Å². The molecule has 0 unspecified atom stereocenters. The van der Waals surface area contributed by atoms with Crippen molar-refractivity contribution >= 4 is 44.9 Å². The zero-order chi connectivity index (χ0) is 23.0. The Labute approximate surface area is 188 Å². The second kappa shape index (κ2) is 8.30. The van der Waals surface area contributed by atoms with Gasteiger partial charge in [-0.1, -0.05) is 12.1 Å². The molecule has 0 aliphatic carbocycles. The first kappa shape index (κ1) is 22.7. The van der Waals surface area contributed by atoms with Crippen LogP contribution in [0, 0.1) is 0 Å². The number of oxazole rings is 1. The molecule has 2 aromatic heterocycles. The molecule has 1 N–H and O–H groups in total. The fourth-order valence-corrected chi connectivity index (χ4v) is 3.53. The van der Waals surface area contributed by atoms with E-state index >= 15 is 0 Å². The smallest absolute Gasteiger partial charge is 0.413 e. The van der Waals surface area contributed by atoms with Gasteiger partial charge in [-0.3, -0.25) is 9.69 Å². The molecular formula is C22H24BrN3O5. The van der Waals surface area contributed by atoms with Crippen molar-refractivity contribution in [2.24, 2.45) is 0 Å². The van der Waals surface area contributed by atoms with Crippen molar-refractivity contribution in [3.05, 3.63) is 41.0 Å². The summed E-state index contributed by atoms with van der Waals surface area (Å²) in [6, 6.07) is 8.92. The van der Waals surface area contributed by atoms with Crippen LogP contribution in [0.25, 0.3) is 22.6 Å². The number of hydrogen-bond donors (Lipinski definition) is 1. The number of rotatable bonds is 5. The van der Waals surface area contributed by atoms with E-state index in [0.29, 0.717) is 21.1 Å². The number of benzene rings is 1. The topological polar surface area (TPSA) is 106 Å². The van der Waals surface area contributed by atoms with E-state index in [0.717, 1.165) is 4.90 Å². The summed E-state index contributed by atoms with van der Waals surface area (Å²) in [5.41, 5.74) is -0.252. The lowest BCUT2D eigenvalue weighted by atomic mass is 9.97. The number of hydrogen-bond acceptors (Lipinski definition) is 6. The van der Waals surface area contributed by atoms with Crippen molar-refractivity contribution in [3.63, 3.8) is 0 Å². The van der Waals surface area contributed by atoms with Gasteiger partial charge in [0.15, 0.2) is 11.4 Å². The van der Waals surface area contributed by atoms with Gasteiger partial charge in [-0.25, -0.2) is 14.8 Å². The molecule has 31 heavy (non-hydrogen) atoms. The van der Waals surface area contributed by atoms with Crippen LogP contribution in [0.15, 0.2) is 45.4 Å². The van der Waals surface area contributed by atoms with Gasteiger partial charge < -0.3 is 14.3 Å². The van der Waals surface area contributed by atoms with Gasteiger partial charge in [-0.05, 0) is 68.7 Å². The van der Waals surface area contributed by atoms with E-state index in [1.165, 1.54) is 6.20 Å². The highest BCUT2D eigenvalue weighted by Gasteiger charge is 2.38. The highest BCUT2D eigenvalue weighted by atomic mass is 79.9. The van der Waals surface area contributed by atoms with Gasteiger partial charge in [-0.15, -0.1) is 0 Å². The van der Waals surface area contributed by atoms with Gasteiger partial charge in [0.1, 0.15) is 11.1 Å². The number of pyridine rings is 1. The Bertz CT molecular complexity index is 1100. The number of amides is 1. The summed E-state index contributed by atoms with van der Waals surface area (Å²) in [6.07, 6.45) is 0.0585. The van der Waals surface area contributed by atoms with E-state index in [1.54, 1.807) is 52.8 Å². The molecule has 0 saturated carbocycles. The van der Waals surface area contributed by atoms with Crippen LogP contribution in [0.4, 0.5) is 10.6 Å². The molecule has 2 heterocycles. The summed E-state index contributed by atoms with van der Waals surface area (Å²) in [6.45, 7) is 8.56. The van der Waals surface area contributed by atoms with E-state index < -0.39 is 23.2 Å². The first-order valence-electron chi connectivity index (χ1n) is 9.64. The van der Waals surface area contributed by atoms with Gasteiger partial charge in [0.2, 0.25) is 5.89 Å². The number of ether oxygens (including phenoxy) is 1. The monoisotopic (exact) mass is 489 g/mol. The Morgan fingerprint density at radius 2 is 1.87 bits per heavy atom. The van der Waals surface area contributed by atoms with E-state index in [2.05, 4.69) is 25.9 Å². The number of fused-ring (bicyclic) bond motifs is 1. The molecule has 3 rings (SSSR count). The molecule has 164 valence electrons. The molecule has 0 atom stereocenters. The molecule has 0 spiro atoms. The molecule has 1 amide bonds. The molecular weight excluding hydrogens is 466 g/mol. The van der Waals surface area contributed by atoms with Crippen molar-refractivity contribution in [3.8, 4) is 11.5 Å². The number of aromatic nitrogens is 2. The number of carbonyl (C=O) groups excluding carboxylic acids is 1. The molecule has 0 bridgehead atoms. The third kappa shape index (κ3) is 5.22. The minimum atomic E-state index is -1.26. The first-order chi connectivity index (χ1) is 14.4. The fourth-order valence-electron chi connectivity index (χ4n) is 3.20. The van der Waals surface area contributed by atoms with E-state index in [-0.39, 0.29) is 18.1 Å². The molecule has 8 nitrogen and oxygen atoms in total. The van der Waals surface area contributed by atoms with E-state index in [1.807, 2.05) is 12.1 Å². The number of para-hydroxylation sites is 2. The SMILES string of the molecule is CC(C)(C)OC(=O)CC(C)(C)N(C(=O)O)c1ncc(Br)cc1-c1nc2ccccc2o1. The number of nitrogens with zero attached hydrogens (tertiary/aromatic N) is 3. The van der Waals surface area contributed by atoms with Gasteiger partial charge in [0.05, 0.1) is 17.5 Å². The zero-order valence-corrected chi connectivity index (χ0v) is 19.6. The lowest BCUT2D eigenvalue weighted by Crippen LogP contribution is -2.50. The highest BCUT2D eigenvalue weighted by Crippen LogP contribution is 2.37. The molecule has 0 aliphatic heterocycles. The molecule has 3 aromatic rings. The number of carbonyl (C=O) groups is 2. The van der Waals surface area contributed by atoms with Crippen molar-refractivity contribution in [1.82, 2.24) is 9.97 Å². The Balaban J connectivity index is 2.07. The van der Waals surface area contributed by atoms with Gasteiger partial charge in [0.25, 0.3) is 0 Å². The van der Waals surface area contributed by atoms with Gasteiger partial charge in [-0.2, -0.15) is 0 Å². The van der Waals surface area contributed by atoms with Crippen molar-refractivity contribution in [2.75, 3.05) is 4.90 Å². The lowest BCUT2D eigenvalue weighted by Gasteiger charge is -2.36. The maximum Gasteiger partial charge on any atom is 0.413 e. The van der Waals surface area contributed by atoms with Crippen LogP contribution < -0.4 is 4.90 Å². The quantitative estimate of drug-likeness (QED) is 0.461. The van der Waals surface area contributed by atoms with E-state index in [4.69, 9.17) is 9.15 Å². The van der Waals surface area contributed by atoms with Gasteiger partial charge >= 0.3 is 12.1 Å². The summed E-state index contributed by atoms with van der Waals surface area (Å²) < 4.78 is 11.9. The number of anilines is 1. The summed E-state index contributed by atoms with van der Waals surface area (Å²) in [5, 5.41) is 10.1. The normalized spacial score (nSPS) is 12.1. The third-order valence-corrected chi connectivity index (χ3v) is 4.80. The first-order valence-corrected chi connectivity index (χ1v) is 10.4. The van der Waals surface area contributed by atoms with Crippen LogP contribution in [-0.4, -0.2) is 38.3 Å². The Hall–Kier alpha value is -2.94. The van der Waals surface area contributed by atoms with Crippen LogP contribution in [0.3, 0.4) is 0 Å². The predicted octanol–water partition coefficient (Wildman–Crippen LogP) is 5.65. The molecule has 1 aromatic carbocycles. The second-order valence-electron chi connectivity index (χ2n) is 8.71. The fraction of sp³-hybridized carbons (Fsp3) is 0.364. The lowest BCUT2D eigenvalue weighted by molar-refractivity contribution is -0.155. The largest absolute Gasteiger partial charge is 0.465 e. The molecule has 0 fully saturated rings. The molecule has 9 heteroatoms. The number of esters is 1. The minimum absolute atomic E-state index is 0.107. The highest BCUT2D eigenvalue weighted by molar-refractivity contribution is 9.10. The number of carboxylic acid groups (broad SMARTS) is 1. The Morgan fingerprint density at radius 3 is 2.48 bits per heavy atom. The average Bonchev–Trinajstić information content (AvgIpc) is 3.04. The summed E-state index contributed by atoms with van der Waals surface area (Å²) >= 11 is 3.38. The van der Waals surface area contributed by atoms with Crippen LogP contribution in [0.2, 0.25) is 0 Å². The predicted molar refractivity (Wildman–Crippen MR) is 120 cm³/mol. The van der Waals surface area contributed by atoms with Crippen LogP contribution >= 0.6 is 15.9 Å². The summed E-state index contributed by atoms with van der Waals surface area (Å²) in [7, 11) is 0. The van der Waals surface area contributed by atoms with Crippen molar-refractivity contribution in [2.45, 2.75) is 52.2 Å². The number of halogens is 1. The summed E-state index contributed by atoms with van der Waals surface area (Å²) in [5.74, 6) is -0.176. The molecule has 0 radical (unpaired) electrons.